The normalized spacial score (nSPS) is 12.8. The average Bonchev–Trinajstić information content (AvgIpc) is 3.19. The summed E-state index contributed by atoms with van der Waals surface area (Å²) in [6.07, 6.45) is 0. The maximum Gasteiger partial charge on any atom is 0.231 e. The van der Waals surface area contributed by atoms with Gasteiger partial charge in [0.05, 0.1) is 0 Å². The molecule has 10 heteroatoms. The molecule has 2 aromatic heterocycles. The van der Waals surface area contributed by atoms with Crippen LogP contribution in [-0.4, -0.2) is 37.2 Å². The van der Waals surface area contributed by atoms with Crippen LogP contribution < -0.4 is 15.2 Å². The molecule has 0 unspecified atom stereocenters. The molecular weight excluding hydrogens is 294 g/mol. The van der Waals surface area contributed by atoms with Gasteiger partial charge in [-0.1, -0.05) is 11.3 Å². The number of nitrogens with two attached hydrogens (primary N) is 1. The summed E-state index contributed by atoms with van der Waals surface area (Å²) in [6, 6.07) is 5.51. The van der Waals surface area contributed by atoms with Gasteiger partial charge in [0.2, 0.25) is 17.7 Å². The molecule has 0 bridgehead atoms. The van der Waals surface area contributed by atoms with E-state index in [9.17, 15) is 0 Å². The number of aromatic nitrogens is 6. The Labute approximate surface area is 122 Å². The standard InChI is InChI=1S/C11H9N7O2S/c12-11-15-13-9(21-11)4-18-16-10(14-17-18)6-1-2-7-8(3-6)20-5-19-7/h1-3H,4-5H2,(H2,12,15). The van der Waals surface area contributed by atoms with Crippen molar-refractivity contribution in [2.45, 2.75) is 6.54 Å². The number of benzene rings is 1. The zero-order valence-corrected chi connectivity index (χ0v) is 11.4. The minimum absolute atomic E-state index is 0.234. The molecule has 0 amide bonds. The van der Waals surface area contributed by atoms with Crippen molar-refractivity contribution in [3.8, 4) is 22.9 Å². The molecule has 9 nitrogen and oxygen atoms in total. The predicted octanol–water partition coefficient (Wildman–Crippen LogP) is 0.551. The molecule has 1 aliphatic heterocycles. The summed E-state index contributed by atoms with van der Waals surface area (Å²) in [5.41, 5.74) is 6.34. The first-order valence-electron chi connectivity index (χ1n) is 6.03. The molecule has 0 atom stereocenters. The largest absolute Gasteiger partial charge is 0.454 e. The molecule has 21 heavy (non-hydrogen) atoms. The molecule has 106 valence electrons. The lowest BCUT2D eigenvalue weighted by molar-refractivity contribution is 0.174. The third kappa shape index (κ3) is 2.25. The fourth-order valence-electron chi connectivity index (χ4n) is 1.91. The summed E-state index contributed by atoms with van der Waals surface area (Å²) in [7, 11) is 0. The Morgan fingerprint density at radius 2 is 2.10 bits per heavy atom. The number of hydrogen-bond donors (Lipinski definition) is 1. The van der Waals surface area contributed by atoms with E-state index in [1.165, 1.54) is 16.1 Å². The number of tetrazole rings is 1. The molecule has 3 aromatic rings. The molecule has 0 radical (unpaired) electrons. The molecule has 3 heterocycles. The Bertz CT molecular complexity index is 799. The summed E-state index contributed by atoms with van der Waals surface area (Å²) < 4.78 is 10.6. The quantitative estimate of drug-likeness (QED) is 0.746. The van der Waals surface area contributed by atoms with Crippen molar-refractivity contribution >= 4 is 16.5 Å². The summed E-state index contributed by atoms with van der Waals surface area (Å²) in [4.78, 5) is 1.44. The number of nitrogen functional groups attached to an aromatic ring is 1. The average molecular weight is 303 g/mol. The van der Waals surface area contributed by atoms with Crippen LogP contribution in [0.15, 0.2) is 18.2 Å². The van der Waals surface area contributed by atoms with E-state index in [-0.39, 0.29) is 6.79 Å². The van der Waals surface area contributed by atoms with Gasteiger partial charge in [0.15, 0.2) is 11.5 Å². The highest BCUT2D eigenvalue weighted by molar-refractivity contribution is 7.15. The predicted molar refractivity (Wildman–Crippen MR) is 72.8 cm³/mol. The van der Waals surface area contributed by atoms with Gasteiger partial charge < -0.3 is 15.2 Å². The van der Waals surface area contributed by atoms with Crippen LogP contribution in [0, 0.1) is 0 Å². The van der Waals surface area contributed by atoms with Crippen LogP contribution in [0.5, 0.6) is 11.5 Å². The summed E-state index contributed by atoms with van der Waals surface area (Å²) in [6.45, 7) is 0.615. The third-order valence-corrected chi connectivity index (χ3v) is 3.58. The molecule has 0 saturated carbocycles. The van der Waals surface area contributed by atoms with E-state index in [0.29, 0.717) is 23.3 Å². The van der Waals surface area contributed by atoms with Gasteiger partial charge in [0.1, 0.15) is 11.6 Å². The van der Waals surface area contributed by atoms with Crippen LogP contribution in [0.4, 0.5) is 5.13 Å². The second-order valence-electron chi connectivity index (χ2n) is 4.25. The Morgan fingerprint density at radius 3 is 2.95 bits per heavy atom. The zero-order chi connectivity index (χ0) is 14.2. The topological polar surface area (TPSA) is 114 Å². The Kier molecular flexibility index (Phi) is 2.67. The number of ether oxygens (including phenoxy) is 2. The molecule has 0 fully saturated rings. The fourth-order valence-corrected chi connectivity index (χ4v) is 2.50. The van der Waals surface area contributed by atoms with E-state index >= 15 is 0 Å². The maximum absolute atomic E-state index is 5.53. The second-order valence-corrected chi connectivity index (χ2v) is 5.34. The fraction of sp³-hybridized carbons (Fsp3) is 0.182. The van der Waals surface area contributed by atoms with Crippen LogP contribution in [-0.2, 0) is 6.54 Å². The Hall–Kier alpha value is -2.75. The lowest BCUT2D eigenvalue weighted by Gasteiger charge is -1.97. The first kappa shape index (κ1) is 12.0. The SMILES string of the molecule is Nc1nnc(Cn2nnc(-c3ccc4c(c3)OCO4)n2)s1. The van der Waals surface area contributed by atoms with Gasteiger partial charge in [-0.25, -0.2) is 0 Å². The molecule has 0 spiro atoms. The van der Waals surface area contributed by atoms with E-state index in [2.05, 4.69) is 25.6 Å². The lowest BCUT2D eigenvalue weighted by atomic mass is 10.2. The first-order valence-corrected chi connectivity index (χ1v) is 6.85. The van der Waals surface area contributed by atoms with Gasteiger partial charge in [-0.3, -0.25) is 0 Å². The smallest absolute Gasteiger partial charge is 0.231 e. The van der Waals surface area contributed by atoms with Gasteiger partial charge in [-0.05, 0) is 23.4 Å². The van der Waals surface area contributed by atoms with Crippen molar-refractivity contribution in [2.24, 2.45) is 0 Å². The lowest BCUT2D eigenvalue weighted by Crippen LogP contribution is -2.03. The molecule has 4 rings (SSSR count). The van der Waals surface area contributed by atoms with Crippen LogP contribution in [0.3, 0.4) is 0 Å². The van der Waals surface area contributed by atoms with E-state index in [1.54, 1.807) is 0 Å². The number of nitrogens with zero attached hydrogens (tertiary/aromatic N) is 6. The molecule has 1 aliphatic rings. The zero-order valence-electron chi connectivity index (χ0n) is 10.6. The van der Waals surface area contributed by atoms with Gasteiger partial charge in [-0.15, -0.1) is 20.4 Å². The van der Waals surface area contributed by atoms with Crippen LogP contribution in [0.25, 0.3) is 11.4 Å². The molecule has 1 aromatic carbocycles. The molecule has 2 N–H and O–H groups in total. The van der Waals surface area contributed by atoms with Crippen molar-refractivity contribution in [3.05, 3.63) is 23.2 Å². The first-order chi connectivity index (χ1) is 10.3. The summed E-state index contributed by atoms with van der Waals surface area (Å²) in [5.74, 6) is 1.90. The van der Waals surface area contributed by atoms with Gasteiger partial charge in [0, 0.05) is 5.56 Å². The van der Waals surface area contributed by atoms with Gasteiger partial charge in [-0.2, -0.15) is 4.80 Å². The van der Waals surface area contributed by atoms with Crippen LogP contribution >= 0.6 is 11.3 Å². The van der Waals surface area contributed by atoms with E-state index in [0.717, 1.165) is 16.3 Å². The highest BCUT2D eigenvalue weighted by Gasteiger charge is 2.16. The van der Waals surface area contributed by atoms with E-state index in [4.69, 9.17) is 15.2 Å². The van der Waals surface area contributed by atoms with Crippen LogP contribution in [0.2, 0.25) is 0 Å². The Morgan fingerprint density at radius 1 is 1.19 bits per heavy atom. The highest BCUT2D eigenvalue weighted by Crippen LogP contribution is 2.34. The van der Waals surface area contributed by atoms with Crippen molar-refractivity contribution < 1.29 is 9.47 Å². The molecule has 0 saturated heterocycles. The van der Waals surface area contributed by atoms with E-state index in [1.807, 2.05) is 18.2 Å². The van der Waals surface area contributed by atoms with Crippen molar-refractivity contribution in [3.63, 3.8) is 0 Å². The van der Waals surface area contributed by atoms with Crippen molar-refractivity contribution in [2.75, 3.05) is 12.5 Å². The number of fused-ring (bicyclic) bond motifs is 1. The van der Waals surface area contributed by atoms with Crippen molar-refractivity contribution in [1.29, 1.82) is 0 Å². The summed E-state index contributed by atoms with van der Waals surface area (Å²) >= 11 is 1.29. The summed E-state index contributed by atoms with van der Waals surface area (Å²) in [5, 5.41) is 21.1. The number of hydrogen-bond acceptors (Lipinski definition) is 9. The number of rotatable bonds is 3. The van der Waals surface area contributed by atoms with Crippen molar-refractivity contribution in [1.82, 2.24) is 30.4 Å². The second kappa shape index (κ2) is 4.66. The van der Waals surface area contributed by atoms with Gasteiger partial charge in [0.25, 0.3) is 0 Å². The van der Waals surface area contributed by atoms with Crippen LogP contribution in [0.1, 0.15) is 5.01 Å². The monoisotopic (exact) mass is 303 g/mol. The maximum atomic E-state index is 5.53. The van der Waals surface area contributed by atoms with Gasteiger partial charge >= 0.3 is 0 Å². The molecular formula is C11H9N7O2S. The third-order valence-electron chi connectivity index (χ3n) is 2.84. The number of anilines is 1. The molecule has 0 aliphatic carbocycles. The minimum atomic E-state index is 0.234. The minimum Gasteiger partial charge on any atom is -0.454 e. The Balaban J connectivity index is 1.59. The highest BCUT2D eigenvalue weighted by atomic mass is 32.1. The van der Waals surface area contributed by atoms with E-state index < -0.39 is 0 Å².